The summed E-state index contributed by atoms with van der Waals surface area (Å²) in [7, 11) is -3.23. The summed E-state index contributed by atoms with van der Waals surface area (Å²) < 4.78 is 24.5. The second kappa shape index (κ2) is 6.59. The lowest BCUT2D eigenvalue weighted by Crippen LogP contribution is -2.36. The van der Waals surface area contributed by atoms with Crippen LogP contribution in [0.1, 0.15) is 16.8 Å². The molecule has 1 aliphatic heterocycles. The third-order valence-electron chi connectivity index (χ3n) is 3.25. The van der Waals surface area contributed by atoms with Crippen LogP contribution in [0.25, 0.3) is 0 Å². The van der Waals surface area contributed by atoms with Crippen molar-refractivity contribution in [3.8, 4) is 0 Å². The quantitative estimate of drug-likeness (QED) is 0.631. The molecule has 22 heavy (non-hydrogen) atoms. The fourth-order valence-electron chi connectivity index (χ4n) is 2.18. The molecule has 1 amide bonds. The molecule has 0 saturated carbocycles. The Morgan fingerprint density at radius 1 is 1.45 bits per heavy atom. The molecule has 1 N–H and O–H groups in total. The summed E-state index contributed by atoms with van der Waals surface area (Å²) in [6, 6.07) is 3.69. The van der Waals surface area contributed by atoms with Crippen LogP contribution in [0.2, 0.25) is 5.02 Å². The lowest BCUT2D eigenvalue weighted by atomic mass is 10.1. The SMILES string of the molecule is O=C(NCCN1CCCS1(=O)=O)c1cc(Cl)ccc1[N+](=O)[O-]. The second-order valence-corrected chi connectivity index (χ2v) is 7.27. The minimum absolute atomic E-state index is 0.0712. The van der Waals surface area contributed by atoms with Gasteiger partial charge in [-0.25, -0.2) is 12.7 Å². The number of carbonyl (C=O) groups excluding carboxylic acids is 1. The number of hydrogen-bond acceptors (Lipinski definition) is 5. The first-order chi connectivity index (χ1) is 10.3. The summed E-state index contributed by atoms with van der Waals surface area (Å²) in [6.07, 6.45) is 0.566. The van der Waals surface area contributed by atoms with Crippen molar-refractivity contribution in [1.29, 1.82) is 0 Å². The predicted octanol–water partition coefficient (Wildman–Crippen LogP) is 1.01. The molecule has 1 heterocycles. The Labute approximate surface area is 132 Å². The summed E-state index contributed by atoms with van der Waals surface area (Å²) in [6.45, 7) is 0.639. The van der Waals surface area contributed by atoms with Gasteiger partial charge in [0.15, 0.2) is 0 Å². The highest BCUT2D eigenvalue weighted by Crippen LogP contribution is 2.22. The van der Waals surface area contributed by atoms with Crippen LogP contribution in [0.3, 0.4) is 0 Å². The molecule has 2 rings (SSSR count). The Hall–Kier alpha value is -1.71. The molecule has 0 radical (unpaired) electrons. The van der Waals surface area contributed by atoms with Gasteiger partial charge in [0.05, 0.1) is 10.7 Å². The molecule has 0 aliphatic carbocycles. The smallest absolute Gasteiger partial charge is 0.282 e. The van der Waals surface area contributed by atoms with Crippen LogP contribution in [-0.2, 0) is 10.0 Å². The first kappa shape index (κ1) is 16.7. The predicted molar refractivity (Wildman–Crippen MR) is 80.4 cm³/mol. The molecule has 10 heteroatoms. The van der Waals surface area contributed by atoms with E-state index in [1.807, 2.05) is 0 Å². The second-order valence-electron chi connectivity index (χ2n) is 4.74. The third-order valence-corrected chi connectivity index (χ3v) is 5.44. The number of nitro groups is 1. The van der Waals surface area contributed by atoms with Crippen molar-refractivity contribution in [3.05, 3.63) is 38.9 Å². The van der Waals surface area contributed by atoms with Crippen LogP contribution in [0.4, 0.5) is 5.69 Å². The third kappa shape index (κ3) is 3.73. The highest BCUT2D eigenvalue weighted by molar-refractivity contribution is 7.89. The van der Waals surface area contributed by atoms with Crippen LogP contribution in [0.15, 0.2) is 18.2 Å². The molecule has 0 spiro atoms. The number of amides is 1. The number of carbonyl (C=O) groups is 1. The van der Waals surface area contributed by atoms with Crippen LogP contribution in [0, 0.1) is 10.1 Å². The van der Waals surface area contributed by atoms with E-state index in [1.165, 1.54) is 16.4 Å². The fourth-order valence-corrected chi connectivity index (χ4v) is 3.88. The van der Waals surface area contributed by atoms with Crippen LogP contribution in [0.5, 0.6) is 0 Å². The van der Waals surface area contributed by atoms with Gasteiger partial charge in [0.25, 0.3) is 11.6 Å². The number of rotatable bonds is 5. The molecule has 1 fully saturated rings. The van der Waals surface area contributed by atoms with Crippen molar-refractivity contribution in [2.45, 2.75) is 6.42 Å². The van der Waals surface area contributed by atoms with E-state index in [2.05, 4.69) is 5.32 Å². The van der Waals surface area contributed by atoms with Crippen molar-refractivity contribution in [3.63, 3.8) is 0 Å². The molecular formula is C12H14ClN3O5S. The topological polar surface area (TPSA) is 110 Å². The van der Waals surface area contributed by atoms with E-state index >= 15 is 0 Å². The molecule has 0 unspecified atom stereocenters. The van der Waals surface area contributed by atoms with E-state index in [4.69, 9.17) is 11.6 Å². The first-order valence-electron chi connectivity index (χ1n) is 6.51. The van der Waals surface area contributed by atoms with Gasteiger partial charge < -0.3 is 5.32 Å². The van der Waals surface area contributed by atoms with E-state index in [-0.39, 0.29) is 35.1 Å². The summed E-state index contributed by atoms with van der Waals surface area (Å²) in [4.78, 5) is 22.2. The minimum atomic E-state index is -3.23. The van der Waals surface area contributed by atoms with Crippen molar-refractivity contribution in [1.82, 2.24) is 9.62 Å². The zero-order valence-corrected chi connectivity index (χ0v) is 13.1. The molecule has 120 valence electrons. The van der Waals surface area contributed by atoms with E-state index in [9.17, 15) is 23.3 Å². The Morgan fingerprint density at radius 3 is 2.77 bits per heavy atom. The Morgan fingerprint density at radius 2 is 2.18 bits per heavy atom. The Balaban J connectivity index is 2.01. The number of nitrogens with zero attached hydrogens (tertiary/aromatic N) is 2. The van der Waals surface area contributed by atoms with Gasteiger partial charge in [0.1, 0.15) is 5.56 Å². The fraction of sp³-hybridized carbons (Fsp3) is 0.417. The van der Waals surface area contributed by atoms with Gasteiger partial charge in [0.2, 0.25) is 10.0 Å². The lowest BCUT2D eigenvalue weighted by Gasteiger charge is -2.14. The van der Waals surface area contributed by atoms with Gasteiger partial charge in [-0.3, -0.25) is 14.9 Å². The van der Waals surface area contributed by atoms with E-state index in [0.717, 1.165) is 6.07 Å². The molecule has 1 aromatic rings. The van der Waals surface area contributed by atoms with Gasteiger partial charge in [-0.2, -0.15) is 0 Å². The molecule has 1 saturated heterocycles. The number of hydrogen-bond donors (Lipinski definition) is 1. The van der Waals surface area contributed by atoms with Crippen molar-refractivity contribution < 1.29 is 18.1 Å². The van der Waals surface area contributed by atoms with Gasteiger partial charge in [-0.15, -0.1) is 0 Å². The number of benzene rings is 1. The van der Waals surface area contributed by atoms with Gasteiger partial charge in [-0.05, 0) is 18.6 Å². The lowest BCUT2D eigenvalue weighted by molar-refractivity contribution is -0.385. The number of sulfonamides is 1. The standard InChI is InChI=1S/C12H14ClN3O5S/c13-9-2-3-11(16(18)19)10(8-9)12(17)14-4-6-15-5-1-7-22(15,20)21/h2-3,8H,1,4-7H2,(H,14,17). The first-order valence-corrected chi connectivity index (χ1v) is 8.50. The summed E-state index contributed by atoms with van der Waals surface area (Å²) in [5, 5.41) is 13.6. The van der Waals surface area contributed by atoms with Gasteiger partial charge in [0, 0.05) is 30.7 Å². The normalized spacial score (nSPS) is 17.3. The highest BCUT2D eigenvalue weighted by Gasteiger charge is 2.28. The minimum Gasteiger partial charge on any atom is -0.350 e. The van der Waals surface area contributed by atoms with Crippen LogP contribution >= 0.6 is 11.6 Å². The molecule has 0 aromatic heterocycles. The van der Waals surface area contributed by atoms with Crippen LogP contribution in [-0.4, -0.2) is 48.9 Å². The van der Waals surface area contributed by atoms with Crippen molar-refractivity contribution in [2.24, 2.45) is 0 Å². The van der Waals surface area contributed by atoms with Crippen LogP contribution < -0.4 is 5.32 Å². The van der Waals surface area contributed by atoms with E-state index < -0.39 is 20.9 Å². The summed E-state index contributed by atoms with van der Waals surface area (Å²) in [5.74, 6) is -0.549. The molecule has 1 aliphatic rings. The summed E-state index contributed by atoms with van der Waals surface area (Å²) >= 11 is 5.75. The van der Waals surface area contributed by atoms with Gasteiger partial charge >= 0.3 is 0 Å². The number of nitrogens with one attached hydrogen (secondary N) is 1. The summed E-state index contributed by atoms with van der Waals surface area (Å²) in [5.41, 5.74) is -0.502. The highest BCUT2D eigenvalue weighted by atomic mass is 35.5. The zero-order chi connectivity index (χ0) is 16.3. The Bertz CT molecular complexity index is 707. The zero-order valence-electron chi connectivity index (χ0n) is 11.5. The molecule has 1 aromatic carbocycles. The number of nitro benzene ring substituents is 1. The monoisotopic (exact) mass is 347 g/mol. The van der Waals surface area contributed by atoms with E-state index in [1.54, 1.807) is 0 Å². The van der Waals surface area contributed by atoms with Crippen molar-refractivity contribution >= 4 is 33.2 Å². The Kier molecular flexibility index (Phi) is 4.99. The van der Waals surface area contributed by atoms with Gasteiger partial charge in [-0.1, -0.05) is 11.6 Å². The van der Waals surface area contributed by atoms with E-state index in [0.29, 0.717) is 13.0 Å². The maximum atomic E-state index is 12.0. The maximum Gasteiger partial charge on any atom is 0.282 e. The molecule has 0 bridgehead atoms. The molecule has 0 atom stereocenters. The maximum absolute atomic E-state index is 12.0. The largest absolute Gasteiger partial charge is 0.350 e. The average molecular weight is 348 g/mol. The average Bonchev–Trinajstić information content (AvgIpc) is 2.77. The molecule has 8 nitrogen and oxygen atoms in total. The number of halogens is 1. The molecular weight excluding hydrogens is 334 g/mol. The van der Waals surface area contributed by atoms with Crippen molar-refractivity contribution in [2.75, 3.05) is 25.4 Å².